The van der Waals surface area contributed by atoms with Gasteiger partial charge in [-0.15, -0.1) is 5.10 Å². The SMILES string of the molecule is CC(C)(C)OC(=O)n1ccc(Oc2ccc([N+](=O)[O-])c(Cl)c2Cl)n1. The summed E-state index contributed by atoms with van der Waals surface area (Å²) in [5.41, 5.74) is -1.01. The summed E-state index contributed by atoms with van der Waals surface area (Å²) in [4.78, 5) is 22.0. The van der Waals surface area contributed by atoms with Gasteiger partial charge >= 0.3 is 6.09 Å². The van der Waals surface area contributed by atoms with Crippen molar-refractivity contribution in [1.82, 2.24) is 9.78 Å². The van der Waals surface area contributed by atoms with Crippen LogP contribution in [-0.4, -0.2) is 26.4 Å². The van der Waals surface area contributed by atoms with E-state index in [0.29, 0.717) is 0 Å². The third-order valence-electron chi connectivity index (χ3n) is 2.58. The normalized spacial score (nSPS) is 11.2. The molecule has 0 unspecified atom stereocenters. The highest BCUT2D eigenvalue weighted by molar-refractivity contribution is 6.44. The lowest BCUT2D eigenvalue weighted by Gasteiger charge is -2.18. The van der Waals surface area contributed by atoms with Gasteiger partial charge in [-0.2, -0.15) is 4.68 Å². The van der Waals surface area contributed by atoms with Crippen LogP contribution in [0.4, 0.5) is 10.5 Å². The van der Waals surface area contributed by atoms with Gasteiger partial charge in [-0.3, -0.25) is 10.1 Å². The number of halogens is 2. The number of nitro benzene ring substituents is 1. The lowest BCUT2D eigenvalue weighted by Crippen LogP contribution is -2.27. The van der Waals surface area contributed by atoms with Crippen LogP contribution >= 0.6 is 23.2 Å². The van der Waals surface area contributed by atoms with Crippen LogP contribution in [0.3, 0.4) is 0 Å². The number of nitro groups is 1. The molecule has 24 heavy (non-hydrogen) atoms. The molecule has 1 aromatic carbocycles. The maximum absolute atomic E-state index is 11.9. The molecule has 0 amide bonds. The summed E-state index contributed by atoms with van der Waals surface area (Å²) in [5.74, 6) is 0.120. The Balaban J connectivity index is 2.20. The maximum atomic E-state index is 11.9. The third kappa shape index (κ3) is 4.15. The van der Waals surface area contributed by atoms with Gasteiger partial charge in [-0.25, -0.2) is 4.79 Å². The first kappa shape index (κ1) is 18.0. The van der Waals surface area contributed by atoms with Crippen LogP contribution in [0.5, 0.6) is 11.6 Å². The van der Waals surface area contributed by atoms with Crippen molar-refractivity contribution >= 4 is 35.0 Å². The fourth-order valence-corrected chi connectivity index (χ4v) is 2.05. The van der Waals surface area contributed by atoms with Crippen LogP contribution in [-0.2, 0) is 4.74 Å². The minimum absolute atomic E-state index is 0.0488. The van der Waals surface area contributed by atoms with Gasteiger partial charge in [0.2, 0.25) is 5.88 Å². The molecule has 0 saturated carbocycles. The number of carbonyl (C=O) groups excluding carboxylic acids is 1. The number of carbonyl (C=O) groups is 1. The maximum Gasteiger partial charge on any atom is 0.435 e. The van der Waals surface area contributed by atoms with Crippen molar-refractivity contribution in [2.24, 2.45) is 0 Å². The molecule has 0 bridgehead atoms. The molecule has 8 nitrogen and oxygen atoms in total. The molecular weight excluding hydrogens is 361 g/mol. The molecule has 2 aromatic rings. The summed E-state index contributed by atoms with van der Waals surface area (Å²) >= 11 is 11.8. The highest BCUT2D eigenvalue weighted by Crippen LogP contribution is 2.39. The topological polar surface area (TPSA) is 96.5 Å². The van der Waals surface area contributed by atoms with Crippen LogP contribution < -0.4 is 4.74 Å². The van der Waals surface area contributed by atoms with Gasteiger partial charge in [-0.05, 0) is 26.8 Å². The van der Waals surface area contributed by atoms with Gasteiger partial charge in [0.15, 0.2) is 0 Å². The number of benzene rings is 1. The third-order valence-corrected chi connectivity index (χ3v) is 3.44. The molecule has 0 aliphatic rings. The Morgan fingerprint density at radius 3 is 2.50 bits per heavy atom. The second-order valence-corrected chi connectivity index (χ2v) is 6.40. The quantitative estimate of drug-likeness (QED) is 0.572. The molecule has 128 valence electrons. The molecule has 0 saturated heterocycles. The van der Waals surface area contributed by atoms with E-state index in [1.807, 2.05) is 0 Å². The first-order valence-electron chi connectivity index (χ1n) is 6.68. The highest BCUT2D eigenvalue weighted by Gasteiger charge is 2.21. The molecule has 0 aliphatic heterocycles. The Hall–Kier alpha value is -2.32. The zero-order valence-electron chi connectivity index (χ0n) is 12.9. The van der Waals surface area contributed by atoms with E-state index in [4.69, 9.17) is 32.7 Å². The first-order chi connectivity index (χ1) is 11.1. The zero-order valence-corrected chi connectivity index (χ0v) is 14.5. The Labute approximate surface area is 147 Å². The first-order valence-corrected chi connectivity index (χ1v) is 7.43. The van der Waals surface area contributed by atoms with Gasteiger partial charge in [0.05, 0.1) is 4.92 Å². The van der Waals surface area contributed by atoms with E-state index in [1.165, 1.54) is 18.3 Å². The van der Waals surface area contributed by atoms with Crippen molar-refractivity contribution < 1.29 is 19.2 Å². The van der Waals surface area contributed by atoms with Gasteiger partial charge in [0, 0.05) is 18.3 Å². The number of ether oxygens (including phenoxy) is 2. The van der Waals surface area contributed by atoms with Crippen LogP contribution in [0.25, 0.3) is 0 Å². The minimum Gasteiger partial charge on any atom is -0.442 e. The average Bonchev–Trinajstić information content (AvgIpc) is 2.90. The van der Waals surface area contributed by atoms with Gasteiger partial charge < -0.3 is 9.47 Å². The average molecular weight is 374 g/mol. The minimum atomic E-state index is -0.676. The van der Waals surface area contributed by atoms with E-state index in [0.717, 1.165) is 10.7 Å². The smallest absolute Gasteiger partial charge is 0.435 e. The molecule has 10 heteroatoms. The second kappa shape index (κ2) is 6.66. The van der Waals surface area contributed by atoms with Crippen molar-refractivity contribution in [1.29, 1.82) is 0 Å². The van der Waals surface area contributed by atoms with E-state index in [9.17, 15) is 14.9 Å². The van der Waals surface area contributed by atoms with Crippen LogP contribution in [0.1, 0.15) is 20.8 Å². The fourth-order valence-electron chi connectivity index (χ4n) is 1.63. The van der Waals surface area contributed by atoms with Crippen molar-refractivity contribution in [2.45, 2.75) is 26.4 Å². The Morgan fingerprint density at radius 2 is 1.92 bits per heavy atom. The molecular formula is C14H13Cl2N3O5. The van der Waals surface area contributed by atoms with Crippen molar-refractivity contribution in [3.05, 3.63) is 44.6 Å². The van der Waals surface area contributed by atoms with Crippen LogP contribution in [0.2, 0.25) is 10.0 Å². The summed E-state index contributed by atoms with van der Waals surface area (Å²) in [6.07, 6.45) is 0.676. The summed E-state index contributed by atoms with van der Waals surface area (Å²) in [6.45, 7) is 5.18. The predicted molar refractivity (Wildman–Crippen MR) is 87.0 cm³/mol. The Morgan fingerprint density at radius 1 is 1.25 bits per heavy atom. The van der Waals surface area contributed by atoms with Crippen molar-refractivity contribution in [2.75, 3.05) is 0 Å². The standard InChI is InChI=1S/C14H13Cl2N3O5/c1-14(2,3)24-13(20)18-7-6-10(17-18)23-9-5-4-8(19(21)22)11(15)12(9)16/h4-7H,1-3H3. The molecule has 0 spiro atoms. The fraction of sp³-hybridized carbons (Fsp3) is 0.286. The lowest BCUT2D eigenvalue weighted by atomic mass is 10.2. The number of rotatable bonds is 3. The van der Waals surface area contributed by atoms with E-state index in [-0.39, 0.29) is 27.4 Å². The molecule has 0 fully saturated rings. The largest absolute Gasteiger partial charge is 0.442 e. The van der Waals surface area contributed by atoms with Crippen molar-refractivity contribution in [3.63, 3.8) is 0 Å². The summed E-state index contributed by atoms with van der Waals surface area (Å²) in [5, 5.41) is 14.3. The monoisotopic (exact) mass is 373 g/mol. The summed E-state index contributed by atoms with van der Waals surface area (Å²) < 4.78 is 11.5. The van der Waals surface area contributed by atoms with E-state index in [2.05, 4.69) is 5.10 Å². The van der Waals surface area contributed by atoms with E-state index >= 15 is 0 Å². The number of hydrogen-bond donors (Lipinski definition) is 0. The van der Waals surface area contributed by atoms with Gasteiger partial charge in [0.1, 0.15) is 21.4 Å². The van der Waals surface area contributed by atoms with Crippen LogP contribution in [0.15, 0.2) is 24.4 Å². The Kier molecular flexibility index (Phi) is 5.00. The number of hydrogen-bond acceptors (Lipinski definition) is 6. The molecule has 0 N–H and O–H groups in total. The summed E-state index contributed by atoms with van der Waals surface area (Å²) in [6, 6.07) is 3.86. The summed E-state index contributed by atoms with van der Waals surface area (Å²) in [7, 11) is 0. The molecule has 0 aliphatic carbocycles. The zero-order chi connectivity index (χ0) is 18.1. The molecule has 1 aromatic heterocycles. The molecule has 1 heterocycles. The van der Waals surface area contributed by atoms with E-state index < -0.39 is 16.6 Å². The van der Waals surface area contributed by atoms with Gasteiger partial charge in [-0.1, -0.05) is 23.2 Å². The second-order valence-electron chi connectivity index (χ2n) is 5.65. The van der Waals surface area contributed by atoms with Crippen molar-refractivity contribution in [3.8, 4) is 11.6 Å². The molecule has 0 atom stereocenters. The van der Waals surface area contributed by atoms with Crippen LogP contribution in [0, 0.1) is 10.1 Å². The highest BCUT2D eigenvalue weighted by atomic mass is 35.5. The molecule has 2 rings (SSSR count). The number of nitrogens with zero attached hydrogens (tertiary/aromatic N) is 3. The van der Waals surface area contributed by atoms with Gasteiger partial charge in [0.25, 0.3) is 5.69 Å². The molecule has 0 radical (unpaired) electrons. The number of aromatic nitrogens is 2. The predicted octanol–water partition coefficient (Wildman–Crippen LogP) is 4.67. The Bertz CT molecular complexity index is 798. The lowest BCUT2D eigenvalue weighted by molar-refractivity contribution is -0.384. The van der Waals surface area contributed by atoms with E-state index in [1.54, 1.807) is 20.8 Å².